The molecule has 0 aliphatic heterocycles. The van der Waals surface area contributed by atoms with Crippen LogP contribution in [-0.2, 0) is 9.84 Å². The predicted molar refractivity (Wildman–Crippen MR) is 75.4 cm³/mol. The Labute approximate surface area is 114 Å². The van der Waals surface area contributed by atoms with Crippen molar-refractivity contribution in [3.8, 4) is 12.3 Å². The van der Waals surface area contributed by atoms with Crippen molar-refractivity contribution in [1.29, 1.82) is 0 Å². The molecule has 2 atom stereocenters. The van der Waals surface area contributed by atoms with Crippen LogP contribution in [0.5, 0.6) is 0 Å². The lowest BCUT2D eigenvalue weighted by atomic mass is 10.1. The average molecular weight is 281 g/mol. The molecule has 5 heteroatoms. The van der Waals surface area contributed by atoms with Crippen LogP contribution in [0.2, 0.25) is 0 Å². The second-order valence-corrected chi connectivity index (χ2v) is 6.59. The summed E-state index contributed by atoms with van der Waals surface area (Å²) in [6, 6.07) is 6.37. The minimum atomic E-state index is -3.20. The summed E-state index contributed by atoms with van der Waals surface area (Å²) in [4.78, 5) is 0.247. The summed E-state index contributed by atoms with van der Waals surface area (Å²) in [5.41, 5.74) is 0.674. The van der Waals surface area contributed by atoms with E-state index < -0.39 is 15.9 Å². The monoisotopic (exact) mass is 281 g/mol. The summed E-state index contributed by atoms with van der Waals surface area (Å²) in [6.45, 7) is 2.32. The van der Waals surface area contributed by atoms with Gasteiger partial charge in [-0.1, -0.05) is 12.1 Å². The smallest absolute Gasteiger partial charge is 0.175 e. The van der Waals surface area contributed by atoms with Gasteiger partial charge >= 0.3 is 0 Å². The van der Waals surface area contributed by atoms with Crippen LogP contribution >= 0.6 is 0 Å². The third kappa shape index (κ3) is 5.03. The zero-order chi connectivity index (χ0) is 14.5. The van der Waals surface area contributed by atoms with Crippen molar-refractivity contribution >= 4 is 9.84 Å². The van der Waals surface area contributed by atoms with Crippen LogP contribution in [0.15, 0.2) is 29.2 Å². The van der Waals surface area contributed by atoms with Crippen LogP contribution < -0.4 is 5.32 Å². The van der Waals surface area contributed by atoms with Crippen molar-refractivity contribution in [2.75, 3.05) is 12.8 Å². The lowest BCUT2D eigenvalue weighted by molar-refractivity contribution is 0.171. The first-order valence-electron chi connectivity index (χ1n) is 5.99. The lowest BCUT2D eigenvalue weighted by Crippen LogP contribution is -2.30. The van der Waals surface area contributed by atoms with Crippen LogP contribution in [0.4, 0.5) is 0 Å². The first-order valence-corrected chi connectivity index (χ1v) is 7.88. The maximum Gasteiger partial charge on any atom is 0.175 e. The van der Waals surface area contributed by atoms with E-state index in [1.54, 1.807) is 12.1 Å². The summed E-state index contributed by atoms with van der Waals surface area (Å²) in [5.74, 6) is 2.54. The molecule has 0 saturated heterocycles. The number of terminal acetylenes is 1. The second-order valence-electron chi connectivity index (χ2n) is 4.57. The minimum Gasteiger partial charge on any atom is -0.387 e. The molecule has 0 fully saturated rings. The van der Waals surface area contributed by atoms with Crippen molar-refractivity contribution in [2.24, 2.45) is 0 Å². The third-order valence-corrected chi connectivity index (χ3v) is 3.91. The fraction of sp³-hybridized carbons (Fsp3) is 0.429. The average Bonchev–Trinajstić information content (AvgIpc) is 2.35. The maximum atomic E-state index is 11.3. The molecule has 19 heavy (non-hydrogen) atoms. The van der Waals surface area contributed by atoms with E-state index in [-0.39, 0.29) is 10.9 Å². The van der Waals surface area contributed by atoms with E-state index in [1.807, 2.05) is 6.92 Å². The summed E-state index contributed by atoms with van der Waals surface area (Å²) in [5, 5.41) is 13.1. The molecule has 104 valence electrons. The molecule has 0 amide bonds. The van der Waals surface area contributed by atoms with E-state index in [0.29, 0.717) is 18.5 Å². The van der Waals surface area contributed by atoms with Gasteiger partial charge in [-0.2, -0.15) is 0 Å². The van der Waals surface area contributed by atoms with Crippen LogP contribution in [0.25, 0.3) is 0 Å². The highest BCUT2D eigenvalue weighted by atomic mass is 32.2. The fourth-order valence-electron chi connectivity index (χ4n) is 1.62. The molecule has 0 aromatic heterocycles. The zero-order valence-corrected chi connectivity index (χ0v) is 11.9. The highest BCUT2D eigenvalue weighted by molar-refractivity contribution is 7.90. The number of sulfone groups is 1. The van der Waals surface area contributed by atoms with Gasteiger partial charge in [-0.05, 0) is 24.6 Å². The second kappa shape index (κ2) is 6.71. The van der Waals surface area contributed by atoms with Crippen molar-refractivity contribution in [1.82, 2.24) is 5.32 Å². The highest BCUT2D eigenvalue weighted by Crippen LogP contribution is 2.16. The number of hydrogen-bond acceptors (Lipinski definition) is 4. The molecule has 0 radical (unpaired) electrons. The third-order valence-electron chi connectivity index (χ3n) is 2.78. The SMILES string of the molecule is C#CCC(C)NCC(O)c1ccc(S(C)(=O)=O)cc1. The largest absolute Gasteiger partial charge is 0.387 e. The number of benzene rings is 1. The molecule has 0 spiro atoms. The topological polar surface area (TPSA) is 66.4 Å². The van der Waals surface area contributed by atoms with E-state index in [9.17, 15) is 13.5 Å². The van der Waals surface area contributed by atoms with E-state index in [1.165, 1.54) is 12.1 Å². The van der Waals surface area contributed by atoms with Gasteiger partial charge in [0.05, 0.1) is 11.0 Å². The molecule has 1 aromatic rings. The minimum absolute atomic E-state index is 0.134. The quantitative estimate of drug-likeness (QED) is 0.767. The van der Waals surface area contributed by atoms with Gasteiger partial charge in [-0.3, -0.25) is 0 Å². The van der Waals surface area contributed by atoms with Crippen LogP contribution in [0, 0.1) is 12.3 Å². The van der Waals surface area contributed by atoms with Crippen LogP contribution in [0.1, 0.15) is 25.0 Å². The molecular formula is C14H19NO3S. The predicted octanol–water partition coefficient (Wildman–Crippen LogP) is 1.12. The number of hydrogen-bond donors (Lipinski definition) is 2. The van der Waals surface area contributed by atoms with E-state index in [2.05, 4.69) is 11.2 Å². The van der Waals surface area contributed by atoms with E-state index >= 15 is 0 Å². The Morgan fingerprint density at radius 3 is 2.42 bits per heavy atom. The van der Waals surface area contributed by atoms with E-state index in [4.69, 9.17) is 6.42 Å². The molecule has 2 unspecified atom stereocenters. The van der Waals surface area contributed by atoms with Crippen LogP contribution in [0.3, 0.4) is 0 Å². The molecule has 1 aromatic carbocycles. The zero-order valence-electron chi connectivity index (χ0n) is 11.1. The number of aliphatic hydroxyl groups is 1. The van der Waals surface area contributed by atoms with Gasteiger partial charge in [0.25, 0.3) is 0 Å². The maximum absolute atomic E-state index is 11.3. The Balaban J connectivity index is 2.64. The number of rotatable bonds is 6. The number of aliphatic hydroxyl groups excluding tert-OH is 1. The summed E-state index contributed by atoms with van der Waals surface area (Å²) < 4.78 is 22.6. The van der Waals surface area contributed by atoms with Gasteiger partial charge < -0.3 is 10.4 Å². The Morgan fingerprint density at radius 1 is 1.37 bits per heavy atom. The van der Waals surface area contributed by atoms with Gasteiger partial charge in [-0.15, -0.1) is 12.3 Å². The summed E-state index contributed by atoms with van der Waals surface area (Å²) in [7, 11) is -3.20. The normalized spacial score (nSPS) is 14.6. The molecule has 4 nitrogen and oxygen atoms in total. The molecular weight excluding hydrogens is 262 g/mol. The van der Waals surface area contributed by atoms with Gasteiger partial charge in [0.15, 0.2) is 9.84 Å². The summed E-state index contributed by atoms with van der Waals surface area (Å²) in [6.07, 6.45) is 6.26. The molecule has 0 heterocycles. The molecule has 0 bridgehead atoms. The van der Waals surface area contributed by atoms with Gasteiger partial charge in [0, 0.05) is 25.3 Å². The van der Waals surface area contributed by atoms with E-state index in [0.717, 1.165) is 6.26 Å². The molecule has 0 aliphatic rings. The Morgan fingerprint density at radius 2 is 1.95 bits per heavy atom. The number of nitrogens with one attached hydrogen (secondary N) is 1. The Bertz CT molecular complexity index is 543. The lowest BCUT2D eigenvalue weighted by Gasteiger charge is -2.16. The van der Waals surface area contributed by atoms with Crippen molar-refractivity contribution in [3.05, 3.63) is 29.8 Å². The van der Waals surface area contributed by atoms with Gasteiger partial charge in [0.1, 0.15) is 0 Å². The molecule has 0 saturated carbocycles. The highest BCUT2D eigenvalue weighted by Gasteiger charge is 2.11. The molecule has 0 aliphatic carbocycles. The standard InChI is InChI=1S/C14H19NO3S/c1-4-5-11(2)15-10-14(16)12-6-8-13(9-7-12)19(3,17)18/h1,6-9,11,14-16H,5,10H2,2-3H3. The first kappa shape index (κ1) is 15.7. The van der Waals surface area contributed by atoms with Crippen molar-refractivity contribution < 1.29 is 13.5 Å². The first-order chi connectivity index (χ1) is 8.84. The Kier molecular flexibility index (Phi) is 5.55. The van der Waals surface area contributed by atoms with Crippen molar-refractivity contribution in [3.63, 3.8) is 0 Å². The van der Waals surface area contributed by atoms with Crippen LogP contribution in [-0.4, -0.2) is 32.4 Å². The molecule has 1 rings (SSSR count). The summed E-state index contributed by atoms with van der Waals surface area (Å²) >= 11 is 0. The van der Waals surface area contributed by atoms with Gasteiger partial charge in [-0.25, -0.2) is 8.42 Å². The van der Waals surface area contributed by atoms with Gasteiger partial charge in [0.2, 0.25) is 0 Å². The van der Waals surface area contributed by atoms with Crippen molar-refractivity contribution in [2.45, 2.75) is 30.4 Å². The fourth-order valence-corrected chi connectivity index (χ4v) is 2.25. The molecule has 2 N–H and O–H groups in total. The Hall–Kier alpha value is -1.35.